The van der Waals surface area contributed by atoms with Crippen LogP contribution in [-0.4, -0.2) is 23.3 Å². The summed E-state index contributed by atoms with van der Waals surface area (Å²) < 4.78 is 5.14. The molecule has 54 valence electrons. The van der Waals surface area contributed by atoms with Crippen LogP contribution in [0.25, 0.3) is 0 Å². The van der Waals surface area contributed by atoms with Crippen LogP contribution in [0.2, 0.25) is 0 Å². The van der Waals surface area contributed by atoms with E-state index in [-0.39, 0.29) is 6.10 Å². The van der Waals surface area contributed by atoms with Crippen molar-refractivity contribution in [1.29, 1.82) is 0 Å². The molecule has 2 unspecified atom stereocenters. The lowest BCUT2D eigenvalue weighted by molar-refractivity contribution is -0.132. The van der Waals surface area contributed by atoms with Gasteiger partial charge in [0.05, 0.1) is 12.2 Å². The first-order chi connectivity index (χ1) is 4.77. The molecule has 0 aromatic rings. The number of hydrogen-bond donors (Lipinski definition) is 1. The van der Waals surface area contributed by atoms with Crippen LogP contribution in [0, 0.1) is 0 Å². The van der Waals surface area contributed by atoms with E-state index in [0.29, 0.717) is 18.1 Å². The smallest absolute Gasteiger partial charge is 0.331 e. The van der Waals surface area contributed by atoms with E-state index >= 15 is 0 Å². The molecule has 0 spiro atoms. The second-order valence-electron chi connectivity index (χ2n) is 2.69. The van der Waals surface area contributed by atoms with E-state index in [9.17, 15) is 4.79 Å². The second kappa shape index (κ2) is 1.83. The van der Waals surface area contributed by atoms with Crippen molar-refractivity contribution in [2.75, 3.05) is 0 Å². The minimum absolute atomic E-state index is 0.219. The van der Waals surface area contributed by atoms with E-state index in [1.54, 1.807) is 6.08 Å². The molecule has 2 rings (SSSR count). The standard InChI is InChI=1S/C7H8O3/c8-7(9)4-1-2-5-6(3-4)10-5/h1,5-6H,2-3H2,(H,8,9). The average molecular weight is 140 g/mol. The summed E-state index contributed by atoms with van der Waals surface area (Å²) in [4.78, 5) is 10.4. The summed E-state index contributed by atoms with van der Waals surface area (Å²) in [5, 5.41) is 8.55. The Morgan fingerprint density at radius 2 is 2.50 bits per heavy atom. The largest absolute Gasteiger partial charge is 0.478 e. The maximum atomic E-state index is 10.4. The first kappa shape index (κ1) is 5.92. The maximum absolute atomic E-state index is 10.4. The first-order valence-electron chi connectivity index (χ1n) is 3.35. The first-order valence-corrected chi connectivity index (χ1v) is 3.35. The molecule has 0 bridgehead atoms. The number of epoxide rings is 1. The van der Waals surface area contributed by atoms with Gasteiger partial charge in [0.15, 0.2) is 0 Å². The third-order valence-electron chi connectivity index (χ3n) is 1.98. The molecule has 0 saturated carbocycles. The van der Waals surface area contributed by atoms with E-state index in [2.05, 4.69) is 0 Å². The SMILES string of the molecule is O=C(O)C1=CCC2OC2C1. The lowest BCUT2D eigenvalue weighted by Gasteiger charge is -2.02. The van der Waals surface area contributed by atoms with Crippen molar-refractivity contribution in [3.8, 4) is 0 Å². The third-order valence-corrected chi connectivity index (χ3v) is 1.98. The topological polar surface area (TPSA) is 49.8 Å². The summed E-state index contributed by atoms with van der Waals surface area (Å²) in [6.45, 7) is 0. The molecular weight excluding hydrogens is 132 g/mol. The highest BCUT2D eigenvalue weighted by Crippen LogP contribution is 2.35. The van der Waals surface area contributed by atoms with Gasteiger partial charge in [0.1, 0.15) is 0 Å². The van der Waals surface area contributed by atoms with Crippen LogP contribution in [0.3, 0.4) is 0 Å². The quantitative estimate of drug-likeness (QED) is 0.541. The zero-order chi connectivity index (χ0) is 7.14. The zero-order valence-corrected chi connectivity index (χ0v) is 5.41. The molecule has 1 aliphatic carbocycles. The van der Waals surface area contributed by atoms with Crippen LogP contribution in [0.15, 0.2) is 11.6 Å². The van der Waals surface area contributed by atoms with E-state index < -0.39 is 5.97 Å². The lowest BCUT2D eigenvalue weighted by atomic mass is 10.0. The van der Waals surface area contributed by atoms with Gasteiger partial charge < -0.3 is 9.84 Å². The number of carboxylic acid groups (broad SMARTS) is 1. The van der Waals surface area contributed by atoms with Crippen LogP contribution >= 0.6 is 0 Å². The van der Waals surface area contributed by atoms with Gasteiger partial charge in [-0.05, 0) is 6.42 Å². The van der Waals surface area contributed by atoms with Gasteiger partial charge in [-0.15, -0.1) is 0 Å². The Morgan fingerprint density at radius 1 is 1.70 bits per heavy atom. The Balaban J connectivity index is 2.09. The molecule has 0 aromatic carbocycles. The summed E-state index contributed by atoms with van der Waals surface area (Å²) in [6.07, 6.45) is 3.70. The van der Waals surface area contributed by atoms with Crippen molar-refractivity contribution in [2.45, 2.75) is 25.0 Å². The van der Waals surface area contributed by atoms with Gasteiger partial charge in [0, 0.05) is 12.0 Å². The Morgan fingerprint density at radius 3 is 3.10 bits per heavy atom. The van der Waals surface area contributed by atoms with Gasteiger partial charge >= 0.3 is 5.97 Å². The fourth-order valence-corrected chi connectivity index (χ4v) is 1.30. The summed E-state index contributed by atoms with van der Waals surface area (Å²) in [5.41, 5.74) is 0.513. The maximum Gasteiger partial charge on any atom is 0.331 e. The molecule has 3 nitrogen and oxygen atoms in total. The molecule has 3 heteroatoms. The molecule has 1 fully saturated rings. The molecule has 0 amide bonds. The van der Waals surface area contributed by atoms with Crippen molar-refractivity contribution < 1.29 is 14.6 Å². The van der Waals surface area contributed by atoms with Crippen molar-refractivity contribution in [2.24, 2.45) is 0 Å². The molecule has 0 aromatic heterocycles. The fraction of sp³-hybridized carbons (Fsp3) is 0.571. The van der Waals surface area contributed by atoms with Crippen LogP contribution in [0.4, 0.5) is 0 Å². The van der Waals surface area contributed by atoms with Gasteiger partial charge in [-0.1, -0.05) is 6.08 Å². The Bertz CT molecular complexity index is 207. The van der Waals surface area contributed by atoms with Gasteiger partial charge in [0.25, 0.3) is 0 Å². The van der Waals surface area contributed by atoms with E-state index in [1.807, 2.05) is 0 Å². The zero-order valence-electron chi connectivity index (χ0n) is 5.41. The Labute approximate surface area is 58.3 Å². The lowest BCUT2D eigenvalue weighted by Crippen LogP contribution is -2.09. The highest BCUT2D eigenvalue weighted by molar-refractivity contribution is 5.87. The molecule has 10 heavy (non-hydrogen) atoms. The number of ether oxygens (including phenoxy) is 1. The predicted molar refractivity (Wildman–Crippen MR) is 33.6 cm³/mol. The van der Waals surface area contributed by atoms with Crippen LogP contribution in [0.1, 0.15) is 12.8 Å². The van der Waals surface area contributed by atoms with Crippen LogP contribution in [-0.2, 0) is 9.53 Å². The number of hydrogen-bond acceptors (Lipinski definition) is 2. The number of carboxylic acids is 1. The molecule has 1 heterocycles. The number of rotatable bonds is 1. The van der Waals surface area contributed by atoms with E-state index in [4.69, 9.17) is 9.84 Å². The molecular formula is C7H8O3. The van der Waals surface area contributed by atoms with Crippen molar-refractivity contribution in [1.82, 2.24) is 0 Å². The third kappa shape index (κ3) is 0.827. The highest BCUT2D eigenvalue weighted by Gasteiger charge is 2.41. The number of carbonyl (C=O) groups is 1. The highest BCUT2D eigenvalue weighted by atomic mass is 16.6. The minimum atomic E-state index is -0.797. The number of aliphatic carboxylic acids is 1. The van der Waals surface area contributed by atoms with Crippen LogP contribution in [0.5, 0.6) is 0 Å². The van der Waals surface area contributed by atoms with Crippen molar-refractivity contribution >= 4 is 5.97 Å². The molecule has 2 aliphatic rings. The van der Waals surface area contributed by atoms with Crippen LogP contribution < -0.4 is 0 Å². The summed E-state index contributed by atoms with van der Waals surface area (Å²) in [7, 11) is 0. The van der Waals surface area contributed by atoms with E-state index in [1.165, 1.54) is 0 Å². The minimum Gasteiger partial charge on any atom is -0.478 e. The van der Waals surface area contributed by atoms with Gasteiger partial charge in [0.2, 0.25) is 0 Å². The monoisotopic (exact) mass is 140 g/mol. The Kier molecular flexibility index (Phi) is 1.08. The Hall–Kier alpha value is -0.830. The molecule has 1 N–H and O–H groups in total. The average Bonchev–Trinajstić information content (AvgIpc) is 2.63. The van der Waals surface area contributed by atoms with Crippen molar-refractivity contribution in [3.63, 3.8) is 0 Å². The normalized spacial score (nSPS) is 36.2. The predicted octanol–water partition coefficient (Wildman–Crippen LogP) is 0.559. The fourth-order valence-electron chi connectivity index (χ4n) is 1.30. The molecule has 2 atom stereocenters. The van der Waals surface area contributed by atoms with Gasteiger partial charge in [-0.3, -0.25) is 0 Å². The molecule has 0 radical (unpaired) electrons. The second-order valence-corrected chi connectivity index (χ2v) is 2.69. The molecule has 1 aliphatic heterocycles. The summed E-state index contributed by atoms with van der Waals surface area (Å²) >= 11 is 0. The van der Waals surface area contributed by atoms with E-state index in [0.717, 1.165) is 6.42 Å². The van der Waals surface area contributed by atoms with Crippen molar-refractivity contribution in [3.05, 3.63) is 11.6 Å². The number of fused-ring (bicyclic) bond motifs is 1. The van der Waals surface area contributed by atoms with Gasteiger partial charge in [-0.25, -0.2) is 4.79 Å². The summed E-state index contributed by atoms with van der Waals surface area (Å²) in [5.74, 6) is -0.797. The summed E-state index contributed by atoms with van der Waals surface area (Å²) in [6, 6.07) is 0. The molecule has 1 saturated heterocycles. The van der Waals surface area contributed by atoms with Gasteiger partial charge in [-0.2, -0.15) is 0 Å².